The number of hydrogen-bond donors (Lipinski definition) is 1. The molecule has 0 aromatic heterocycles. The van der Waals surface area contributed by atoms with Gasteiger partial charge in [-0.05, 0) is 42.4 Å². The van der Waals surface area contributed by atoms with Gasteiger partial charge in [-0.15, -0.1) is 5.56 Å². The van der Waals surface area contributed by atoms with Crippen molar-refractivity contribution in [3.63, 3.8) is 0 Å². The molecule has 1 N–H and O–H groups in total. The molecular weight excluding hydrogens is 352 g/mol. The molecule has 0 radical (unpaired) electrons. The average Bonchev–Trinajstić information content (AvgIpc) is 2.51. The Balaban J connectivity index is 0.00000176. The second-order valence-corrected chi connectivity index (χ2v) is 6.40. The fourth-order valence-electron chi connectivity index (χ4n) is 3.74. The van der Waals surface area contributed by atoms with Gasteiger partial charge in [-0.1, -0.05) is 38.3 Å². The van der Waals surface area contributed by atoms with Crippen molar-refractivity contribution < 1.29 is 26.2 Å². The topological polar surface area (TPSA) is 20.2 Å². The van der Waals surface area contributed by atoms with Crippen molar-refractivity contribution >= 4 is 0 Å². The fraction of sp³-hybridized carbons (Fsp3) is 0.400. The zero-order valence-corrected chi connectivity index (χ0v) is 15.4. The van der Waals surface area contributed by atoms with E-state index in [-0.39, 0.29) is 26.5 Å². The maximum atomic E-state index is 9.84. The number of hydrogen-bond acceptors (Lipinski definition) is 1. The Labute approximate surface area is 148 Å². The molecular formula is C20H23MoO-. The molecule has 0 saturated heterocycles. The Kier molecular flexibility index (Phi) is 5.50. The average molecular weight is 375 g/mol. The van der Waals surface area contributed by atoms with E-state index >= 15 is 0 Å². The van der Waals surface area contributed by atoms with E-state index in [4.69, 9.17) is 0 Å². The van der Waals surface area contributed by atoms with Crippen LogP contribution in [-0.2, 0) is 26.5 Å². The van der Waals surface area contributed by atoms with Gasteiger partial charge in [0.15, 0.2) is 0 Å². The second-order valence-electron chi connectivity index (χ2n) is 6.40. The smallest absolute Gasteiger partial charge is 0.118 e. The number of phenols is 1. The fourth-order valence-corrected chi connectivity index (χ4v) is 3.74. The number of phenolic OH excluding ortho intramolecular Hbond substituents is 1. The van der Waals surface area contributed by atoms with Gasteiger partial charge >= 0.3 is 0 Å². The van der Waals surface area contributed by atoms with Crippen LogP contribution in [0, 0.1) is 19.9 Å². The van der Waals surface area contributed by atoms with Crippen LogP contribution in [0.3, 0.4) is 0 Å². The Morgan fingerprint density at radius 3 is 2.27 bits per heavy atom. The van der Waals surface area contributed by atoms with Gasteiger partial charge in [0, 0.05) is 21.1 Å². The van der Waals surface area contributed by atoms with Crippen LogP contribution in [0.2, 0.25) is 0 Å². The van der Waals surface area contributed by atoms with E-state index in [1.807, 2.05) is 19.1 Å². The molecule has 0 aliphatic heterocycles. The molecule has 0 unspecified atom stereocenters. The molecule has 0 bridgehead atoms. The molecule has 1 nitrogen and oxygen atoms in total. The molecule has 2 aromatic rings. The molecule has 22 heavy (non-hydrogen) atoms. The molecule has 0 spiro atoms. The van der Waals surface area contributed by atoms with Gasteiger partial charge in [0.2, 0.25) is 0 Å². The van der Waals surface area contributed by atoms with Crippen molar-refractivity contribution in [2.24, 2.45) is 0 Å². The summed E-state index contributed by atoms with van der Waals surface area (Å²) in [6.45, 7) is 4.10. The summed E-state index contributed by atoms with van der Waals surface area (Å²) >= 11 is 0. The Bertz CT molecular complexity index is 642. The van der Waals surface area contributed by atoms with Crippen LogP contribution in [0.4, 0.5) is 0 Å². The number of rotatable bonds is 2. The first kappa shape index (κ1) is 17.3. The maximum absolute atomic E-state index is 9.84. The van der Waals surface area contributed by atoms with E-state index in [0.29, 0.717) is 5.75 Å². The van der Waals surface area contributed by atoms with E-state index < -0.39 is 0 Å². The predicted molar refractivity (Wildman–Crippen MR) is 86.7 cm³/mol. The van der Waals surface area contributed by atoms with Crippen molar-refractivity contribution in [1.82, 2.24) is 0 Å². The summed E-state index contributed by atoms with van der Waals surface area (Å²) in [4.78, 5) is 0. The van der Waals surface area contributed by atoms with Crippen LogP contribution in [0.15, 0.2) is 36.4 Å². The van der Waals surface area contributed by atoms with Gasteiger partial charge in [0.25, 0.3) is 0 Å². The molecule has 116 valence electrons. The summed E-state index contributed by atoms with van der Waals surface area (Å²) in [5.41, 5.74) is 5.03. The zero-order valence-electron chi connectivity index (χ0n) is 13.4. The van der Waals surface area contributed by atoms with E-state index in [9.17, 15) is 5.11 Å². The van der Waals surface area contributed by atoms with Crippen molar-refractivity contribution in [2.45, 2.75) is 51.4 Å². The first-order valence-electron chi connectivity index (χ1n) is 7.91. The third-order valence-electron chi connectivity index (χ3n) is 4.95. The normalized spacial score (nSPS) is 16.8. The molecule has 2 aromatic carbocycles. The standard InChI is InChI=1S/C20H23O.Mo/c1-15-7-6-8-17(13-15)20(11-4-3-5-12-20)18-9-10-19(21)16(2)14-18;/h6,8-10,13-14,21H,3-5,11-12H2,1-2H3;/q-1;. The van der Waals surface area contributed by atoms with Gasteiger partial charge in [0.05, 0.1) is 0 Å². The minimum absolute atomic E-state index is 0. The van der Waals surface area contributed by atoms with E-state index in [1.165, 1.54) is 48.8 Å². The minimum atomic E-state index is 0. The molecule has 2 heteroatoms. The third kappa shape index (κ3) is 3.15. The van der Waals surface area contributed by atoms with Crippen LogP contribution < -0.4 is 0 Å². The molecule has 1 aliphatic rings. The van der Waals surface area contributed by atoms with E-state index in [2.05, 4.69) is 37.3 Å². The molecule has 0 heterocycles. The monoisotopic (exact) mass is 377 g/mol. The van der Waals surface area contributed by atoms with Gasteiger partial charge in [-0.25, -0.2) is 0 Å². The van der Waals surface area contributed by atoms with Crippen molar-refractivity contribution in [1.29, 1.82) is 0 Å². The van der Waals surface area contributed by atoms with E-state index in [0.717, 1.165) is 5.56 Å². The molecule has 0 amide bonds. The van der Waals surface area contributed by atoms with Crippen LogP contribution in [-0.4, -0.2) is 5.11 Å². The van der Waals surface area contributed by atoms with Crippen molar-refractivity contribution in [2.75, 3.05) is 0 Å². The first-order valence-corrected chi connectivity index (χ1v) is 7.91. The van der Waals surface area contributed by atoms with Gasteiger partial charge in [-0.2, -0.15) is 29.8 Å². The second kappa shape index (κ2) is 7.00. The summed E-state index contributed by atoms with van der Waals surface area (Å²) in [5.74, 6) is 0.391. The summed E-state index contributed by atoms with van der Waals surface area (Å²) in [6, 6.07) is 16.0. The van der Waals surface area contributed by atoms with Gasteiger partial charge in [0.1, 0.15) is 5.75 Å². The summed E-state index contributed by atoms with van der Waals surface area (Å²) in [6.07, 6.45) is 6.27. The number of aryl methyl sites for hydroxylation is 2. The molecule has 1 fully saturated rings. The SMILES string of the molecule is Cc1[c-]ccc(C2(c3ccc(O)c(C)c3)CCCCC2)c1.[Mo]. The predicted octanol–water partition coefficient (Wildman–Crippen LogP) is 5.06. The first-order chi connectivity index (χ1) is 10.1. The Hall–Kier alpha value is -1.07. The molecule has 3 rings (SSSR count). The van der Waals surface area contributed by atoms with Crippen molar-refractivity contribution in [3.8, 4) is 5.75 Å². The van der Waals surface area contributed by atoms with Crippen LogP contribution >= 0.6 is 0 Å². The number of aromatic hydroxyl groups is 1. The summed E-state index contributed by atoms with van der Waals surface area (Å²) < 4.78 is 0. The molecule has 1 aliphatic carbocycles. The molecule has 1 saturated carbocycles. The maximum Gasteiger partial charge on any atom is 0.118 e. The van der Waals surface area contributed by atoms with Crippen molar-refractivity contribution in [3.05, 3.63) is 64.7 Å². The number of benzene rings is 2. The summed E-state index contributed by atoms with van der Waals surface area (Å²) in [5, 5.41) is 9.84. The molecule has 0 atom stereocenters. The zero-order chi connectivity index (χ0) is 14.9. The third-order valence-corrected chi connectivity index (χ3v) is 4.95. The van der Waals surface area contributed by atoms with Crippen LogP contribution in [0.25, 0.3) is 0 Å². The largest absolute Gasteiger partial charge is 0.508 e. The van der Waals surface area contributed by atoms with Crippen LogP contribution in [0.1, 0.15) is 54.4 Å². The Morgan fingerprint density at radius 1 is 0.955 bits per heavy atom. The van der Waals surface area contributed by atoms with Gasteiger partial charge in [-0.3, -0.25) is 0 Å². The summed E-state index contributed by atoms with van der Waals surface area (Å²) in [7, 11) is 0. The quantitative estimate of drug-likeness (QED) is 0.575. The Morgan fingerprint density at radius 2 is 1.64 bits per heavy atom. The van der Waals surface area contributed by atoms with Crippen LogP contribution in [0.5, 0.6) is 5.75 Å². The minimum Gasteiger partial charge on any atom is -0.508 e. The van der Waals surface area contributed by atoms with Gasteiger partial charge < -0.3 is 5.11 Å². The van der Waals surface area contributed by atoms with E-state index in [1.54, 1.807) is 0 Å².